The van der Waals surface area contributed by atoms with Crippen molar-refractivity contribution in [3.05, 3.63) is 52.8 Å². The maximum absolute atomic E-state index is 12.4. The highest BCUT2D eigenvalue weighted by Gasteiger charge is 2.23. The molecule has 0 radical (unpaired) electrons. The molecule has 1 aromatic heterocycles. The predicted octanol–water partition coefficient (Wildman–Crippen LogP) is 4.11. The molecule has 2 rings (SSSR count). The third-order valence-electron chi connectivity index (χ3n) is 3.83. The normalized spacial score (nSPS) is 10.8. The van der Waals surface area contributed by atoms with Crippen LogP contribution in [-0.4, -0.2) is 35.3 Å². The summed E-state index contributed by atoms with van der Waals surface area (Å²) in [6.45, 7) is 7.73. The number of ether oxygens (including phenoxy) is 1. The number of hydrogen-bond donors (Lipinski definition) is 2. The number of H-pyrrole nitrogens is 1. The molecule has 2 aromatic rings. The Balaban J connectivity index is 1.86. The molecule has 5 nitrogen and oxygen atoms in total. The molecule has 0 spiro atoms. The van der Waals surface area contributed by atoms with Gasteiger partial charge in [0, 0.05) is 17.1 Å². The second-order valence-corrected chi connectivity index (χ2v) is 7.52. The van der Waals surface area contributed by atoms with Crippen molar-refractivity contribution in [2.24, 2.45) is 0 Å². The number of esters is 1. The molecule has 1 heterocycles. The van der Waals surface area contributed by atoms with Crippen LogP contribution in [0, 0.1) is 13.8 Å². The summed E-state index contributed by atoms with van der Waals surface area (Å²) in [5.74, 6) is 0.336. The zero-order chi connectivity index (χ0) is 19.1. The van der Waals surface area contributed by atoms with Crippen molar-refractivity contribution in [1.29, 1.82) is 0 Å². The molecular weight excluding hydrogens is 348 g/mol. The third-order valence-corrected chi connectivity index (χ3v) is 4.93. The van der Waals surface area contributed by atoms with Gasteiger partial charge in [0.05, 0.1) is 11.7 Å². The summed E-state index contributed by atoms with van der Waals surface area (Å²) in [5, 5.41) is 2.91. The molecule has 0 aliphatic carbocycles. The van der Waals surface area contributed by atoms with Gasteiger partial charge >= 0.3 is 5.97 Å². The average molecular weight is 375 g/mol. The first-order chi connectivity index (χ1) is 12.4. The van der Waals surface area contributed by atoms with Gasteiger partial charge in [0.2, 0.25) is 0 Å². The van der Waals surface area contributed by atoms with E-state index in [0.29, 0.717) is 29.1 Å². The van der Waals surface area contributed by atoms with Crippen LogP contribution >= 0.6 is 11.8 Å². The average Bonchev–Trinajstić information content (AvgIpc) is 2.89. The Kier molecular flexibility index (Phi) is 7.33. The highest BCUT2D eigenvalue weighted by atomic mass is 32.2. The number of carbonyl (C=O) groups is 2. The fourth-order valence-electron chi connectivity index (χ4n) is 2.63. The van der Waals surface area contributed by atoms with Crippen LogP contribution in [-0.2, 0) is 4.74 Å². The smallest absolute Gasteiger partial charge is 0.340 e. The van der Waals surface area contributed by atoms with E-state index in [9.17, 15) is 9.59 Å². The fraction of sp³-hybridized carbons (Fsp3) is 0.400. The van der Waals surface area contributed by atoms with Gasteiger partial charge in [-0.05, 0) is 57.6 Å². The van der Waals surface area contributed by atoms with E-state index in [1.54, 1.807) is 39.5 Å². The van der Waals surface area contributed by atoms with E-state index in [1.807, 2.05) is 18.2 Å². The zero-order valence-corrected chi connectivity index (χ0v) is 16.5. The predicted molar refractivity (Wildman–Crippen MR) is 105 cm³/mol. The summed E-state index contributed by atoms with van der Waals surface area (Å²) < 4.78 is 5.25. The monoisotopic (exact) mass is 374 g/mol. The first-order valence-electron chi connectivity index (χ1n) is 8.76. The molecule has 0 saturated heterocycles. The van der Waals surface area contributed by atoms with Crippen molar-refractivity contribution in [3.63, 3.8) is 0 Å². The van der Waals surface area contributed by atoms with Crippen molar-refractivity contribution in [1.82, 2.24) is 10.3 Å². The molecule has 2 N–H and O–H groups in total. The topological polar surface area (TPSA) is 71.2 Å². The Morgan fingerprint density at radius 3 is 2.54 bits per heavy atom. The van der Waals surface area contributed by atoms with Gasteiger partial charge in [0.1, 0.15) is 5.69 Å². The van der Waals surface area contributed by atoms with Gasteiger partial charge in [-0.3, -0.25) is 4.79 Å². The van der Waals surface area contributed by atoms with Crippen molar-refractivity contribution < 1.29 is 14.3 Å². The maximum Gasteiger partial charge on any atom is 0.340 e. The van der Waals surface area contributed by atoms with Crippen LogP contribution in [0.4, 0.5) is 0 Å². The van der Waals surface area contributed by atoms with Crippen molar-refractivity contribution in [2.75, 3.05) is 12.3 Å². The first kappa shape index (κ1) is 20.1. The quantitative estimate of drug-likeness (QED) is 0.414. The van der Waals surface area contributed by atoms with E-state index in [2.05, 4.69) is 22.4 Å². The number of aromatic amines is 1. The number of aryl methyl sites for hydroxylation is 1. The molecular formula is C20H26N2O3S. The second-order valence-electron chi connectivity index (χ2n) is 6.35. The Hall–Kier alpha value is -2.21. The number of carbonyl (C=O) groups excluding carboxylic acids is 2. The third kappa shape index (κ3) is 5.39. The molecule has 1 amide bonds. The molecule has 0 aliphatic rings. The van der Waals surface area contributed by atoms with E-state index >= 15 is 0 Å². The lowest BCUT2D eigenvalue weighted by atomic mass is 10.1. The Morgan fingerprint density at radius 1 is 1.19 bits per heavy atom. The summed E-state index contributed by atoms with van der Waals surface area (Å²) in [6.07, 6.45) is 0.669. The summed E-state index contributed by atoms with van der Waals surface area (Å²) in [6, 6.07) is 10.2. The molecule has 0 bridgehead atoms. The summed E-state index contributed by atoms with van der Waals surface area (Å²) >= 11 is 1.77. The molecule has 140 valence electrons. The Morgan fingerprint density at radius 2 is 1.88 bits per heavy atom. The minimum absolute atomic E-state index is 0.195. The number of aromatic nitrogens is 1. The second kappa shape index (κ2) is 9.48. The standard InChI is InChI=1S/C20H26N2O3S/c1-13(2)25-20(24)17-14(3)18(22-15(17)4)19(23)21-11-8-12-26-16-9-6-5-7-10-16/h5-7,9-10,13,22H,8,11-12H2,1-4H3,(H,21,23). The SMILES string of the molecule is Cc1[nH]c(C(=O)NCCCSc2ccccc2)c(C)c1C(=O)OC(C)C. The van der Waals surface area contributed by atoms with Gasteiger partial charge in [0.15, 0.2) is 0 Å². The van der Waals surface area contributed by atoms with Crippen LogP contribution in [0.5, 0.6) is 0 Å². The van der Waals surface area contributed by atoms with Crippen molar-refractivity contribution in [2.45, 2.75) is 45.1 Å². The number of thioether (sulfide) groups is 1. The minimum atomic E-state index is -0.399. The molecule has 0 fully saturated rings. The van der Waals surface area contributed by atoms with Gasteiger partial charge in [-0.15, -0.1) is 11.8 Å². The van der Waals surface area contributed by atoms with Crippen LogP contribution in [0.3, 0.4) is 0 Å². The van der Waals surface area contributed by atoms with E-state index in [4.69, 9.17) is 4.74 Å². The summed E-state index contributed by atoms with van der Waals surface area (Å²) in [4.78, 5) is 28.8. The zero-order valence-electron chi connectivity index (χ0n) is 15.7. The molecule has 0 atom stereocenters. The van der Waals surface area contributed by atoms with Gasteiger partial charge in [-0.2, -0.15) is 0 Å². The van der Waals surface area contributed by atoms with Gasteiger partial charge in [0.25, 0.3) is 5.91 Å². The lowest BCUT2D eigenvalue weighted by Crippen LogP contribution is -2.26. The van der Waals surface area contributed by atoms with Gasteiger partial charge in [-0.25, -0.2) is 4.79 Å². The minimum Gasteiger partial charge on any atom is -0.459 e. The van der Waals surface area contributed by atoms with Crippen LogP contribution < -0.4 is 5.32 Å². The fourth-order valence-corrected chi connectivity index (χ4v) is 3.50. The molecule has 0 unspecified atom stereocenters. The summed E-state index contributed by atoms with van der Waals surface area (Å²) in [5.41, 5.74) is 2.15. The van der Waals surface area contributed by atoms with Gasteiger partial charge < -0.3 is 15.0 Å². The first-order valence-corrected chi connectivity index (χ1v) is 9.75. The Labute approximate surface area is 158 Å². The number of nitrogens with one attached hydrogen (secondary N) is 2. The van der Waals surface area contributed by atoms with E-state index in [1.165, 1.54) is 4.90 Å². The molecule has 6 heteroatoms. The largest absolute Gasteiger partial charge is 0.459 e. The number of rotatable bonds is 8. The lowest BCUT2D eigenvalue weighted by molar-refractivity contribution is 0.0376. The molecule has 0 saturated carbocycles. The van der Waals surface area contributed by atoms with Crippen LogP contribution in [0.15, 0.2) is 35.2 Å². The highest BCUT2D eigenvalue weighted by Crippen LogP contribution is 2.20. The highest BCUT2D eigenvalue weighted by molar-refractivity contribution is 7.99. The lowest BCUT2D eigenvalue weighted by Gasteiger charge is -2.08. The van der Waals surface area contributed by atoms with E-state index in [0.717, 1.165) is 12.2 Å². The molecule has 0 aliphatic heterocycles. The number of benzene rings is 1. The van der Waals surface area contributed by atoms with Gasteiger partial charge in [-0.1, -0.05) is 18.2 Å². The summed E-state index contributed by atoms with van der Waals surface area (Å²) in [7, 11) is 0. The van der Waals surface area contributed by atoms with Crippen LogP contribution in [0.1, 0.15) is 52.4 Å². The van der Waals surface area contributed by atoms with E-state index < -0.39 is 5.97 Å². The van der Waals surface area contributed by atoms with Crippen LogP contribution in [0.25, 0.3) is 0 Å². The number of hydrogen-bond acceptors (Lipinski definition) is 4. The maximum atomic E-state index is 12.4. The van der Waals surface area contributed by atoms with Crippen LogP contribution in [0.2, 0.25) is 0 Å². The molecule has 1 aromatic carbocycles. The molecule has 26 heavy (non-hydrogen) atoms. The number of amides is 1. The van der Waals surface area contributed by atoms with Crippen molar-refractivity contribution >= 4 is 23.6 Å². The van der Waals surface area contributed by atoms with Crippen molar-refractivity contribution in [3.8, 4) is 0 Å². The van der Waals surface area contributed by atoms with E-state index in [-0.39, 0.29) is 12.0 Å². The Bertz CT molecular complexity index is 754.